The number of nitrogens with zero attached hydrogens (tertiary/aromatic N) is 1. The lowest BCUT2D eigenvalue weighted by Gasteiger charge is -2.15. The van der Waals surface area contributed by atoms with Gasteiger partial charge < -0.3 is 4.42 Å². The molecule has 2 aliphatic rings. The zero-order chi connectivity index (χ0) is 20.8. The quantitative estimate of drug-likeness (QED) is 0.727. The minimum absolute atomic E-state index is 0.0414. The number of carbonyl (C=O) groups is 1. The normalized spacial score (nSPS) is 15.8. The van der Waals surface area contributed by atoms with Crippen molar-refractivity contribution >= 4 is 15.9 Å². The Balaban J connectivity index is 1.56. The lowest BCUT2D eigenvalue weighted by molar-refractivity contribution is -0.118. The lowest BCUT2D eigenvalue weighted by Crippen LogP contribution is -2.32. The van der Waals surface area contributed by atoms with Crippen LogP contribution in [-0.2, 0) is 52.5 Å². The third-order valence-electron chi connectivity index (χ3n) is 5.96. The zero-order valence-corrected chi connectivity index (χ0v) is 17.4. The summed E-state index contributed by atoms with van der Waals surface area (Å²) >= 11 is 0. The molecule has 2 aromatic rings. The molecule has 0 saturated heterocycles. The first-order valence-electron chi connectivity index (χ1n) is 9.86. The fourth-order valence-electron chi connectivity index (χ4n) is 4.38. The van der Waals surface area contributed by atoms with Crippen LogP contribution in [0.3, 0.4) is 0 Å². The molecule has 0 bridgehead atoms. The molecule has 0 saturated carbocycles. The van der Waals surface area contributed by atoms with Gasteiger partial charge in [-0.25, -0.2) is 4.72 Å². The fraction of sp³-hybridized carbons (Fsp3) is 0.476. The van der Waals surface area contributed by atoms with Crippen LogP contribution in [0.15, 0.2) is 33.1 Å². The molecule has 0 aliphatic heterocycles. The number of benzene rings is 1. The van der Waals surface area contributed by atoms with Gasteiger partial charge in [0.1, 0.15) is 5.54 Å². The zero-order valence-electron chi connectivity index (χ0n) is 16.6. The van der Waals surface area contributed by atoms with Gasteiger partial charge in [-0.15, -0.1) is 4.91 Å². The van der Waals surface area contributed by atoms with Crippen molar-refractivity contribution < 1.29 is 17.6 Å². The Bertz CT molecular complexity index is 1070. The standard InChI is InChI=1S/C21H24N2O5S/c1-21(2,23-25)15-10-20(28-12-15)29(26,27)22-19(24)11-18-16-7-3-5-13(16)9-14-6-4-8-17(14)18/h9-10,12H,3-8,11H2,1-2H3,(H,22,24). The van der Waals surface area contributed by atoms with Crippen LogP contribution in [0.2, 0.25) is 0 Å². The second kappa shape index (κ2) is 7.09. The average Bonchev–Trinajstić information content (AvgIpc) is 3.40. The van der Waals surface area contributed by atoms with Crippen LogP contribution in [0.1, 0.15) is 60.1 Å². The van der Waals surface area contributed by atoms with Crippen LogP contribution in [-0.4, -0.2) is 14.3 Å². The summed E-state index contributed by atoms with van der Waals surface area (Å²) in [5.41, 5.74) is 5.26. The van der Waals surface area contributed by atoms with Crippen molar-refractivity contribution in [2.24, 2.45) is 5.18 Å². The van der Waals surface area contributed by atoms with E-state index in [1.54, 1.807) is 13.8 Å². The molecule has 2 aliphatic carbocycles. The van der Waals surface area contributed by atoms with Crippen LogP contribution in [0, 0.1) is 4.91 Å². The van der Waals surface area contributed by atoms with Crippen molar-refractivity contribution in [2.75, 3.05) is 0 Å². The maximum absolute atomic E-state index is 12.7. The number of nitrogens with one attached hydrogen (secondary N) is 1. The van der Waals surface area contributed by atoms with Gasteiger partial charge in [0.25, 0.3) is 10.0 Å². The smallest absolute Gasteiger partial charge is 0.297 e. The van der Waals surface area contributed by atoms with Crippen LogP contribution in [0.5, 0.6) is 0 Å². The van der Waals surface area contributed by atoms with E-state index < -0.39 is 26.6 Å². The SMILES string of the molecule is CC(C)(N=O)c1coc(S(=O)(=O)NC(=O)Cc2c3c(cc4c2CCC4)CCC3)c1. The Labute approximate surface area is 169 Å². The van der Waals surface area contributed by atoms with Gasteiger partial charge >= 0.3 is 0 Å². The molecule has 4 rings (SSSR count). The molecule has 8 heteroatoms. The summed E-state index contributed by atoms with van der Waals surface area (Å²) in [5, 5.41) is 2.58. The third-order valence-corrected chi connectivity index (χ3v) is 7.20. The Kier molecular flexibility index (Phi) is 4.85. The first-order valence-corrected chi connectivity index (χ1v) is 11.3. The monoisotopic (exact) mass is 416 g/mol. The third kappa shape index (κ3) is 3.61. The molecule has 1 aromatic heterocycles. The van der Waals surface area contributed by atoms with Crippen molar-refractivity contribution in [3.63, 3.8) is 0 Å². The van der Waals surface area contributed by atoms with Crippen LogP contribution < -0.4 is 4.72 Å². The van der Waals surface area contributed by atoms with Gasteiger partial charge in [0.05, 0.1) is 12.7 Å². The van der Waals surface area contributed by atoms with Crippen LogP contribution in [0.4, 0.5) is 0 Å². The van der Waals surface area contributed by atoms with Crippen molar-refractivity contribution in [3.05, 3.63) is 56.7 Å². The first kappa shape index (κ1) is 19.8. The topological polar surface area (TPSA) is 106 Å². The van der Waals surface area contributed by atoms with Gasteiger partial charge in [0, 0.05) is 11.6 Å². The minimum Gasteiger partial charge on any atom is -0.451 e. The van der Waals surface area contributed by atoms with Gasteiger partial charge in [0.15, 0.2) is 0 Å². The van der Waals surface area contributed by atoms with Crippen molar-refractivity contribution in [2.45, 2.75) is 69.4 Å². The van der Waals surface area contributed by atoms with E-state index >= 15 is 0 Å². The molecule has 1 aromatic carbocycles. The Morgan fingerprint density at radius 2 is 1.72 bits per heavy atom. The molecule has 0 unspecified atom stereocenters. The molecule has 1 heterocycles. The molecular weight excluding hydrogens is 392 g/mol. The molecule has 154 valence electrons. The van der Waals surface area contributed by atoms with E-state index in [0.717, 1.165) is 44.1 Å². The second-order valence-electron chi connectivity index (χ2n) is 8.35. The van der Waals surface area contributed by atoms with E-state index in [9.17, 15) is 18.1 Å². The highest BCUT2D eigenvalue weighted by Crippen LogP contribution is 2.35. The number of sulfonamides is 1. The minimum atomic E-state index is -4.17. The maximum Gasteiger partial charge on any atom is 0.297 e. The van der Waals surface area contributed by atoms with Gasteiger partial charge in [-0.1, -0.05) is 11.2 Å². The van der Waals surface area contributed by atoms with Gasteiger partial charge in [0.2, 0.25) is 11.0 Å². The van der Waals surface area contributed by atoms with E-state index in [1.165, 1.54) is 34.6 Å². The molecule has 0 radical (unpaired) electrons. The highest BCUT2D eigenvalue weighted by Gasteiger charge is 2.30. The van der Waals surface area contributed by atoms with E-state index in [0.29, 0.717) is 5.56 Å². The van der Waals surface area contributed by atoms with Gasteiger partial charge in [-0.3, -0.25) is 4.79 Å². The van der Waals surface area contributed by atoms with Crippen molar-refractivity contribution in [3.8, 4) is 0 Å². The molecule has 0 spiro atoms. The van der Waals surface area contributed by atoms with E-state index in [4.69, 9.17) is 4.42 Å². The largest absolute Gasteiger partial charge is 0.451 e. The van der Waals surface area contributed by atoms with Gasteiger partial charge in [-0.2, -0.15) is 8.42 Å². The van der Waals surface area contributed by atoms with Crippen molar-refractivity contribution in [1.29, 1.82) is 0 Å². The number of aryl methyl sites for hydroxylation is 2. The number of furan rings is 1. The van der Waals surface area contributed by atoms with Gasteiger partial charge in [-0.05, 0) is 80.2 Å². The first-order chi connectivity index (χ1) is 13.7. The highest BCUT2D eigenvalue weighted by molar-refractivity contribution is 7.89. The number of amides is 1. The molecule has 7 nitrogen and oxygen atoms in total. The summed E-state index contributed by atoms with van der Waals surface area (Å²) in [7, 11) is -4.17. The molecule has 1 N–H and O–H groups in total. The molecule has 0 fully saturated rings. The van der Waals surface area contributed by atoms with Crippen LogP contribution in [0.25, 0.3) is 0 Å². The van der Waals surface area contributed by atoms with E-state index in [1.807, 2.05) is 0 Å². The molecule has 1 amide bonds. The lowest BCUT2D eigenvalue weighted by atomic mass is 9.92. The predicted octanol–water partition coefficient (Wildman–Crippen LogP) is 3.31. The molecule has 29 heavy (non-hydrogen) atoms. The summed E-state index contributed by atoms with van der Waals surface area (Å²) in [6, 6.07) is 3.50. The van der Waals surface area contributed by atoms with E-state index in [2.05, 4.69) is 16.0 Å². The van der Waals surface area contributed by atoms with Crippen molar-refractivity contribution in [1.82, 2.24) is 4.72 Å². The molecule has 0 atom stereocenters. The van der Waals surface area contributed by atoms with E-state index in [-0.39, 0.29) is 6.42 Å². The maximum atomic E-state index is 12.7. The Morgan fingerprint density at radius 1 is 1.10 bits per heavy atom. The molecular formula is C21H24N2O5S. The average molecular weight is 416 g/mol. The summed E-state index contributed by atoms with van der Waals surface area (Å²) in [6.07, 6.45) is 7.27. The Morgan fingerprint density at radius 3 is 2.31 bits per heavy atom. The predicted molar refractivity (Wildman–Crippen MR) is 107 cm³/mol. The number of hydrogen-bond donors (Lipinski definition) is 1. The summed E-state index contributed by atoms with van der Waals surface area (Å²) in [5.74, 6) is -0.579. The number of carbonyl (C=O) groups excluding carboxylic acids is 1. The number of fused-ring (bicyclic) bond motifs is 2. The number of hydrogen-bond acceptors (Lipinski definition) is 6. The number of rotatable bonds is 6. The number of nitroso groups, excluding NO2 is 1. The Hall–Kier alpha value is -2.48. The fourth-order valence-corrected chi connectivity index (χ4v) is 5.31. The summed E-state index contributed by atoms with van der Waals surface area (Å²) in [4.78, 5) is 23.6. The summed E-state index contributed by atoms with van der Waals surface area (Å²) < 4.78 is 32.4. The van der Waals surface area contributed by atoms with Crippen LogP contribution >= 0.6 is 0 Å². The second-order valence-corrected chi connectivity index (χ2v) is 9.96. The summed E-state index contributed by atoms with van der Waals surface area (Å²) in [6.45, 7) is 3.10. The highest BCUT2D eigenvalue weighted by atomic mass is 32.2.